The lowest BCUT2D eigenvalue weighted by atomic mass is 10.0. The van der Waals surface area contributed by atoms with Gasteiger partial charge in [-0.3, -0.25) is 0 Å². The highest BCUT2D eigenvalue weighted by Crippen LogP contribution is 2.27. The van der Waals surface area contributed by atoms with Gasteiger partial charge in [-0.15, -0.1) is 0 Å². The third-order valence-corrected chi connectivity index (χ3v) is 3.29. The Kier molecular flexibility index (Phi) is 2.92. The van der Waals surface area contributed by atoms with Crippen LogP contribution in [0.2, 0.25) is 0 Å². The minimum atomic E-state index is 0.758. The van der Waals surface area contributed by atoms with Crippen LogP contribution in [0.1, 0.15) is 23.9 Å². The van der Waals surface area contributed by atoms with Crippen LogP contribution in [0.5, 0.6) is 0 Å². The minimum absolute atomic E-state index is 0.758. The predicted octanol–water partition coefficient (Wildman–Crippen LogP) is 3.08. The van der Waals surface area contributed by atoms with E-state index in [2.05, 4.69) is 44.0 Å². The summed E-state index contributed by atoms with van der Waals surface area (Å²) in [4.78, 5) is 4.56. The summed E-state index contributed by atoms with van der Waals surface area (Å²) in [5, 5.41) is 0. The van der Waals surface area contributed by atoms with Gasteiger partial charge in [0.2, 0.25) is 0 Å². The molecule has 0 unspecified atom stereocenters. The number of nitrogen functional groups attached to an aromatic ring is 1. The molecule has 0 saturated heterocycles. The summed E-state index contributed by atoms with van der Waals surface area (Å²) >= 11 is 0. The van der Waals surface area contributed by atoms with Crippen molar-refractivity contribution in [2.24, 2.45) is 0 Å². The van der Waals surface area contributed by atoms with Crippen molar-refractivity contribution in [2.45, 2.75) is 34.2 Å². The Hall–Kier alpha value is -1.77. The van der Waals surface area contributed by atoms with Crippen LogP contribution in [0.4, 0.5) is 5.82 Å². The zero-order chi connectivity index (χ0) is 12.6. The fourth-order valence-electron chi connectivity index (χ4n) is 2.08. The van der Waals surface area contributed by atoms with Crippen LogP contribution in [0, 0.1) is 20.8 Å². The molecule has 2 N–H and O–H groups in total. The van der Waals surface area contributed by atoms with Crippen molar-refractivity contribution in [3.63, 3.8) is 0 Å². The van der Waals surface area contributed by atoms with Crippen molar-refractivity contribution < 1.29 is 0 Å². The van der Waals surface area contributed by atoms with E-state index in [0.717, 1.165) is 29.4 Å². The maximum atomic E-state index is 6.14. The third-order valence-electron chi connectivity index (χ3n) is 3.29. The van der Waals surface area contributed by atoms with Crippen LogP contribution in [0.3, 0.4) is 0 Å². The van der Waals surface area contributed by atoms with E-state index in [1.807, 2.05) is 11.5 Å². The molecule has 0 amide bonds. The van der Waals surface area contributed by atoms with Crippen LogP contribution >= 0.6 is 0 Å². The molecule has 1 aromatic heterocycles. The molecular formula is C14H19N3. The molecule has 17 heavy (non-hydrogen) atoms. The lowest BCUT2D eigenvalue weighted by Gasteiger charge is -2.05. The largest absolute Gasteiger partial charge is 0.383 e. The average molecular weight is 229 g/mol. The van der Waals surface area contributed by atoms with Gasteiger partial charge < -0.3 is 10.3 Å². The van der Waals surface area contributed by atoms with Crippen molar-refractivity contribution in [2.75, 3.05) is 5.73 Å². The molecule has 0 fully saturated rings. The van der Waals surface area contributed by atoms with Crippen LogP contribution in [0.15, 0.2) is 18.2 Å². The molecule has 90 valence electrons. The third kappa shape index (κ3) is 1.93. The first-order valence-electron chi connectivity index (χ1n) is 5.94. The van der Waals surface area contributed by atoms with Crippen molar-refractivity contribution in [3.05, 3.63) is 35.2 Å². The number of imidazole rings is 1. The fraction of sp³-hybridized carbons (Fsp3) is 0.357. The summed E-state index contributed by atoms with van der Waals surface area (Å²) in [6.45, 7) is 9.15. The number of benzene rings is 1. The zero-order valence-corrected chi connectivity index (χ0v) is 10.9. The van der Waals surface area contributed by atoms with Gasteiger partial charge in [0.1, 0.15) is 17.3 Å². The Labute approximate surface area is 102 Å². The molecule has 1 heterocycles. The number of hydrogen-bond donors (Lipinski definition) is 1. The second kappa shape index (κ2) is 4.24. The topological polar surface area (TPSA) is 43.8 Å². The van der Waals surface area contributed by atoms with Gasteiger partial charge >= 0.3 is 0 Å². The molecule has 0 aliphatic heterocycles. The molecule has 0 radical (unpaired) electrons. The monoisotopic (exact) mass is 229 g/mol. The summed E-state index contributed by atoms with van der Waals surface area (Å²) in [5.41, 5.74) is 10.7. The molecule has 0 bridgehead atoms. The van der Waals surface area contributed by atoms with E-state index in [-0.39, 0.29) is 0 Å². The van der Waals surface area contributed by atoms with Gasteiger partial charge in [0.05, 0.1) is 0 Å². The van der Waals surface area contributed by atoms with Gasteiger partial charge in [-0.2, -0.15) is 0 Å². The second-order valence-electron chi connectivity index (χ2n) is 4.44. The molecule has 0 aliphatic rings. The van der Waals surface area contributed by atoms with Gasteiger partial charge in [-0.05, 0) is 44.9 Å². The van der Waals surface area contributed by atoms with Crippen LogP contribution in [-0.4, -0.2) is 9.55 Å². The first-order chi connectivity index (χ1) is 8.04. The number of nitrogens with two attached hydrogens (primary N) is 1. The van der Waals surface area contributed by atoms with E-state index in [9.17, 15) is 0 Å². The van der Waals surface area contributed by atoms with Gasteiger partial charge in [0.25, 0.3) is 0 Å². The first-order valence-corrected chi connectivity index (χ1v) is 5.94. The van der Waals surface area contributed by atoms with Crippen molar-refractivity contribution in [1.29, 1.82) is 0 Å². The zero-order valence-electron chi connectivity index (χ0n) is 10.9. The summed E-state index contributed by atoms with van der Waals surface area (Å²) in [7, 11) is 0. The molecule has 3 heteroatoms. The normalized spacial score (nSPS) is 10.8. The highest BCUT2D eigenvalue weighted by Gasteiger charge is 2.12. The SMILES string of the molecule is CCn1c(C)nc(-c2ccc(C)c(C)c2)c1N. The summed E-state index contributed by atoms with van der Waals surface area (Å²) in [5.74, 6) is 1.73. The predicted molar refractivity (Wildman–Crippen MR) is 72.0 cm³/mol. The highest BCUT2D eigenvalue weighted by atomic mass is 15.1. The standard InChI is InChI=1S/C14H19N3/c1-5-17-11(4)16-13(14(17)15)12-7-6-9(2)10(3)8-12/h6-8H,5,15H2,1-4H3. The van der Waals surface area contributed by atoms with Gasteiger partial charge in [-0.25, -0.2) is 4.98 Å². The smallest absolute Gasteiger partial charge is 0.131 e. The van der Waals surface area contributed by atoms with E-state index in [1.54, 1.807) is 0 Å². The Morgan fingerprint density at radius 1 is 1.18 bits per heavy atom. The molecule has 0 aliphatic carbocycles. The number of nitrogens with zero attached hydrogens (tertiary/aromatic N) is 2. The van der Waals surface area contributed by atoms with Crippen molar-refractivity contribution >= 4 is 5.82 Å². The van der Waals surface area contributed by atoms with Crippen LogP contribution in [-0.2, 0) is 6.54 Å². The summed E-state index contributed by atoms with van der Waals surface area (Å²) < 4.78 is 2.03. The maximum Gasteiger partial charge on any atom is 0.131 e. The quantitative estimate of drug-likeness (QED) is 0.860. The molecule has 2 aromatic rings. The summed E-state index contributed by atoms with van der Waals surface area (Å²) in [6, 6.07) is 6.35. The first kappa shape index (κ1) is 11.7. The lowest BCUT2D eigenvalue weighted by molar-refractivity contribution is 0.739. The number of hydrogen-bond acceptors (Lipinski definition) is 2. The van der Waals surface area contributed by atoms with E-state index in [0.29, 0.717) is 0 Å². The highest BCUT2D eigenvalue weighted by molar-refractivity contribution is 5.71. The van der Waals surface area contributed by atoms with Gasteiger partial charge in [0, 0.05) is 12.1 Å². The molecule has 0 atom stereocenters. The Morgan fingerprint density at radius 3 is 2.41 bits per heavy atom. The number of anilines is 1. The lowest BCUT2D eigenvalue weighted by Crippen LogP contribution is -2.02. The van der Waals surface area contributed by atoms with E-state index < -0.39 is 0 Å². The Morgan fingerprint density at radius 2 is 1.88 bits per heavy atom. The van der Waals surface area contributed by atoms with Gasteiger partial charge in [0.15, 0.2) is 0 Å². The average Bonchev–Trinajstić information content (AvgIpc) is 2.58. The number of rotatable bonds is 2. The molecule has 3 nitrogen and oxygen atoms in total. The van der Waals surface area contributed by atoms with E-state index in [4.69, 9.17) is 5.73 Å². The van der Waals surface area contributed by atoms with Crippen LogP contribution < -0.4 is 5.73 Å². The summed E-state index contributed by atoms with van der Waals surface area (Å²) in [6.07, 6.45) is 0. The minimum Gasteiger partial charge on any atom is -0.383 e. The number of aromatic nitrogens is 2. The number of aryl methyl sites for hydroxylation is 3. The van der Waals surface area contributed by atoms with E-state index in [1.165, 1.54) is 11.1 Å². The fourth-order valence-corrected chi connectivity index (χ4v) is 2.08. The Balaban J connectivity index is 2.57. The van der Waals surface area contributed by atoms with Gasteiger partial charge in [-0.1, -0.05) is 12.1 Å². The molecule has 1 aromatic carbocycles. The van der Waals surface area contributed by atoms with Crippen LogP contribution in [0.25, 0.3) is 11.3 Å². The van der Waals surface area contributed by atoms with Crippen molar-refractivity contribution in [3.8, 4) is 11.3 Å². The van der Waals surface area contributed by atoms with Crippen molar-refractivity contribution in [1.82, 2.24) is 9.55 Å². The second-order valence-corrected chi connectivity index (χ2v) is 4.44. The Bertz CT molecular complexity index is 553. The molecular weight excluding hydrogens is 210 g/mol. The molecule has 2 rings (SSSR count). The maximum absolute atomic E-state index is 6.14. The van der Waals surface area contributed by atoms with E-state index >= 15 is 0 Å². The molecule has 0 spiro atoms. The molecule has 0 saturated carbocycles.